The van der Waals surface area contributed by atoms with Crippen LogP contribution >= 0.6 is 0 Å². The highest BCUT2D eigenvalue weighted by atomic mass is 16.3. The minimum atomic E-state index is -0.789. The number of nitrogens with one attached hydrogen (secondary N) is 2. The van der Waals surface area contributed by atoms with Gasteiger partial charge in [0.15, 0.2) is 0 Å². The van der Waals surface area contributed by atoms with Crippen LogP contribution in [-0.4, -0.2) is 33.2 Å². The Morgan fingerprint density at radius 1 is 0.630 bits per heavy atom. The molecule has 2 aliphatic rings. The van der Waals surface area contributed by atoms with Crippen LogP contribution in [0.4, 0.5) is 0 Å². The number of benzene rings is 2. The molecule has 0 bridgehead atoms. The van der Waals surface area contributed by atoms with Crippen molar-refractivity contribution >= 4 is 11.8 Å². The van der Waals surface area contributed by atoms with Crippen molar-refractivity contribution in [3.63, 3.8) is 0 Å². The van der Waals surface area contributed by atoms with Gasteiger partial charge in [0.25, 0.3) is 0 Å². The molecule has 4 rings (SSSR count). The monoisotopic (exact) mass is 630 g/mol. The van der Waals surface area contributed by atoms with Crippen LogP contribution < -0.4 is 10.6 Å². The Hall–Kier alpha value is -3.22. The lowest BCUT2D eigenvalue weighted by molar-refractivity contribution is -0.128. The molecule has 0 aromatic heterocycles. The minimum Gasteiger partial charge on any atom is -0.389 e. The van der Waals surface area contributed by atoms with E-state index in [9.17, 15) is 19.8 Å². The fraction of sp³-hybridized carbons (Fsp3) is 0.550. The fourth-order valence-corrected chi connectivity index (χ4v) is 6.70. The summed E-state index contributed by atoms with van der Waals surface area (Å²) < 4.78 is 0. The van der Waals surface area contributed by atoms with Crippen molar-refractivity contribution in [2.45, 2.75) is 131 Å². The van der Waals surface area contributed by atoms with Gasteiger partial charge in [-0.3, -0.25) is 9.59 Å². The normalized spacial score (nSPS) is 27.5. The van der Waals surface area contributed by atoms with E-state index in [1.807, 2.05) is 106 Å². The third kappa shape index (κ3) is 9.42. The summed E-state index contributed by atoms with van der Waals surface area (Å²) in [7, 11) is 0. The summed E-state index contributed by atoms with van der Waals surface area (Å²) in [5, 5.41) is 28.0. The zero-order valence-electron chi connectivity index (χ0n) is 29.9. The number of hydrogen-bond acceptors (Lipinski definition) is 4. The van der Waals surface area contributed by atoms with Crippen LogP contribution in [0.1, 0.15) is 131 Å². The molecule has 4 atom stereocenters. The van der Waals surface area contributed by atoms with Gasteiger partial charge < -0.3 is 20.8 Å². The van der Waals surface area contributed by atoms with Crippen molar-refractivity contribution in [1.29, 1.82) is 0 Å². The average molecular weight is 631 g/mol. The van der Waals surface area contributed by atoms with Crippen LogP contribution in [-0.2, 0) is 9.59 Å². The average Bonchev–Trinajstić information content (AvgIpc) is 2.96. The van der Waals surface area contributed by atoms with Gasteiger partial charge in [0.1, 0.15) is 0 Å². The van der Waals surface area contributed by atoms with Crippen molar-refractivity contribution in [2.24, 2.45) is 10.8 Å². The fourth-order valence-electron chi connectivity index (χ4n) is 6.70. The lowest BCUT2D eigenvalue weighted by Crippen LogP contribution is -2.40. The first kappa shape index (κ1) is 37.2. The lowest BCUT2D eigenvalue weighted by atomic mass is 9.69. The van der Waals surface area contributed by atoms with Gasteiger partial charge in [0, 0.05) is 34.1 Å². The Kier molecular flexibility index (Phi) is 11.9. The number of carbonyl (C=O) groups is 2. The standard InChI is InChI=1S/2C20H29NO2/c2*1-14(21-18(22)19(2,3)4)16-12-9-13-20(5,23)17(16)15-10-7-6-8-11-15/h2*6-8,10-11,17,23H,9,12-13H2,1-5H3,(H,21,22)/b2*16-14-/t2*17-,20+/m00/s1. The maximum Gasteiger partial charge on any atom is 0.229 e. The summed E-state index contributed by atoms with van der Waals surface area (Å²) in [6, 6.07) is 20.2. The maximum atomic E-state index is 12.3. The van der Waals surface area contributed by atoms with E-state index in [0.29, 0.717) is 0 Å². The van der Waals surface area contributed by atoms with E-state index in [2.05, 4.69) is 34.9 Å². The van der Waals surface area contributed by atoms with Crippen LogP contribution in [0.25, 0.3) is 0 Å². The second-order valence-electron chi connectivity index (χ2n) is 15.8. The minimum absolute atomic E-state index is 0.0135. The number of amides is 2. The number of carbonyl (C=O) groups excluding carboxylic acids is 2. The summed E-state index contributed by atoms with van der Waals surface area (Å²) in [4.78, 5) is 24.6. The number of rotatable bonds is 4. The largest absolute Gasteiger partial charge is 0.389 e. The summed E-state index contributed by atoms with van der Waals surface area (Å²) in [6.07, 6.45) is 5.24. The molecule has 0 saturated heterocycles. The van der Waals surface area contributed by atoms with Crippen LogP contribution in [0.15, 0.2) is 83.2 Å². The van der Waals surface area contributed by atoms with Gasteiger partial charge in [0.05, 0.1) is 11.2 Å². The number of aliphatic hydroxyl groups is 2. The molecule has 2 aliphatic carbocycles. The van der Waals surface area contributed by atoms with Crippen molar-refractivity contribution < 1.29 is 19.8 Å². The Morgan fingerprint density at radius 3 is 1.22 bits per heavy atom. The van der Waals surface area contributed by atoms with Crippen LogP contribution in [0.3, 0.4) is 0 Å². The van der Waals surface area contributed by atoms with E-state index >= 15 is 0 Å². The lowest BCUT2D eigenvalue weighted by Gasteiger charge is -2.40. The molecule has 0 unspecified atom stereocenters. The van der Waals surface area contributed by atoms with Crippen LogP contribution in [0, 0.1) is 10.8 Å². The van der Waals surface area contributed by atoms with Crippen LogP contribution in [0.2, 0.25) is 0 Å². The zero-order chi connectivity index (χ0) is 34.5. The molecule has 0 spiro atoms. The molecule has 2 saturated carbocycles. The molecule has 2 fully saturated rings. The molecule has 252 valence electrons. The molecule has 2 amide bonds. The number of allylic oxidation sites excluding steroid dienone is 2. The summed E-state index contributed by atoms with van der Waals surface area (Å²) >= 11 is 0. The predicted molar refractivity (Wildman–Crippen MR) is 188 cm³/mol. The Bertz CT molecular complexity index is 1300. The predicted octanol–water partition coefficient (Wildman–Crippen LogP) is 8.28. The first-order valence-corrected chi connectivity index (χ1v) is 16.8. The van der Waals surface area contributed by atoms with E-state index in [0.717, 1.165) is 72.2 Å². The highest BCUT2D eigenvalue weighted by Gasteiger charge is 2.41. The Morgan fingerprint density at radius 2 is 0.935 bits per heavy atom. The van der Waals surface area contributed by atoms with E-state index in [1.54, 1.807) is 0 Å². The molecule has 4 N–H and O–H groups in total. The van der Waals surface area contributed by atoms with Crippen LogP contribution in [0.5, 0.6) is 0 Å². The SMILES string of the molecule is C/C(NC(=O)C(C)(C)C)=C1\CCC[C@@](C)(O)[C@H]1c1ccccc1.C/C(NC(=O)C(C)(C)C)=C1\CCC[C@@](C)(O)[C@H]1c1ccccc1. The molecule has 2 aromatic carbocycles. The molecule has 0 aliphatic heterocycles. The Balaban J connectivity index is 0.000000250. The Labute approximate surface area is 277 Å². The third-order valence-electron chi connectivity index (χ3n) is 9.39. The van der Waals surface area contributed by atoms with Gasteiger partial charge in [-0.05, 0) is 88.5 Å². The third-order valence-corrected chi connectivity index (χ3v) is 9.39. The van der Waals surface area contributed by atoms with Crippen molar-refractivity contribution in [3.05, 3.63) is 94.3 Å². The van der Waals surface area contributed by atoms with Crippen molar-refractivity contribution in [1.82, 2.24) is 10.6 Å². The maximum absolute atomic E-state index is 12.3. The molecule has 0 heterocycles. The number of hydrogen-bond donors (Lipinski definition) is 4. The highest BCUT2D eigenvalue weighted by Crippen LogP contribution is 2.46. The zero-order valence-corrected chi connectivity index (χ0v) is 29.9. The van der Waals surface area contributed by atoms with Gasteiger partial charge in [0.2, 0.25) is 11.8 Å². The summed E-state index contributed by atoms with van der Waals surface area (Å²) in [5.41, 5.74) is 3.84. The smallest absolute Gasteiger partial charge is 0.229 e. The van der Waals surface area contributed by atoms with E-state index < -0.39 is 22.0 Å². The van der Waals surface area contributed by atoms with E-state index in [-0.39, 0.29) is 23.7 Å². The quantitative estimate of drug-likeness (QED) is 0.273. The van der Waals surface area contributed by atoms with Gasteiger partial charge >= 0.3 is 0 Å². The van der Waals surface area contributed by atoms with E-state index in [1.165, 1.54) is 0 Å². The van der Waals surface area contributed by atoms with Gasteiger partial charge in [-0.2, -0.15) is 0 Å². The second kappa shape index (κ2) is 14.7. The molecule has 2 aromatic rings. The van der Waals surface area contributed by atoms with Gasteiger partial charge in [-0.15, -0.1) is 0 Å². The second-order valence-corrected chi connectivity index (χ2v) is 15.8. The first-order chi connectivity index (χ1) is 21.3. The molecule has 0 radical (unpaired) electrons. The summed E-state index contributed by atoms with van der Waals surface area (Å²) in [5.74, 6) is -0.116. The summed E-state index contributed by atoms with van der Waals surface area (Å²) in [6.45, 7) is 19.2. The molecule has 6 heteroatoms. The molecular weight excluding hydrogens is 572 g/mol. The van der Waals surface area contributed by atoms with Gasteiger partial charge in [-0.25, -0.2) is 0 Å². The topological polar surface area (TPSA) is 98.7 Å². The molecular formula is C40H58N2O4. The van der Waals surface area contributed by atoms with Gasteiger partial charge in [-0.1, -0.05) is 102 Å². The molecule has 6 nitrogen and oxygen atoms in total. The first-order valence-electron chi connectivity index (χ1n) is 16.8. The van der Waals surface area contributed by atoms with E-state index in [4.69, 9.17) is 0 Å². The molecule has 46 heavy (non-hydrogen) atoms. The van der Waals surface area contributed by atoms with Crippen molar-refractivity contribution in [2.75, 3.05) is 0 Å². The highest BCUT2D eigenvalue weighted by molar-refractivity contribution is 5.83. The van der Waals surface area contributed by atoms with Crippen molar-refractivity contribution in [3.8, 4) is 0 Å².